The van der Waals surface area contributed by atoms with Crippen molar-refractivity contribution >= 4 is 23.8 Å². The summed E-state index contributed by atoms with van der Waals surface area (Å²) < 4.78 is 10.7. The van der Waals surface area contributed by atoms with Crippen LogP contribution in [0.25, 0.3) is 0 Å². The van der Waals surface area contributed by atoms with Gasteiger partial charge in [0.15, 0.2) is 0 Å². The zero-order chi connectivity index (χ0) is 28.5. The Morgan fingerprint density at radius 1 is 0.821 bits per heavy atom. The van der Waals surface area contributed by atoms with Gasteiger partial charge in [0.05, 0.1) is 6.61 Å². The number of esters is 2. The molecule has 9 nitrogen and oxygen atoms in total. The van der Waals surface area contributed by atoms with Crippen LogP contribution in [0.4, 0.5) is 0 Å². The highest BCUT2D eigenvalue weighted by atomic mass is 16.5. The van der Waals surface area contributed by atoms with Gasteiger partial charge in [0.1, 0.15) is 17.5 Å². The number of unbranched alkanes of at least 4 members (excludes halogenated alkanes) is 4. The second-order valence-corrected chi connectivity index (χ2v) is 9.44. The van der Waals surface area contributed by atoms with Crippen molar-refractivity contribution < 1.29 is 38.9 Å². The first kappa shape index (κ1) is 31.3. The van der Waals surface area contributed by atoms with Crippen molar-refractivity contribution in [2.24, 2.45) is 0 Å². The molecule has 0 aromatic heterocycles. The summed E-state index contributed by atoms with van der Waals surface area (Å²) in [5.74, 6) is -1.60. The summed E-state index contributed by atoms with van der Waals surface area (Å²) in [5.41, 5.74) is 1.65. The van der Waals surface area contributed by atoms with Crippen LogP contribution >= 0.6 is 0 Å². The van der Waals surface area contributed by atoms with Crippen molar-refractivity contribution in [2.75, 3.05) is 6.61 Å². The number of aryl methyl sites for hydroxylation is 1. The number of aliphatic carboxylic acids is 1. The number of carbonyl (C=O) groups is 4. The Morgan fingerprint density at radius 2 is 1.49 bits per heavy atom. The number of benzene rings is 2. The predicted molar refractivity (Wildman–Crippen MR) is 145 cm³/mol. The van der Waals surface area contributed by atoms with E-state index in [0.29, 0.717) is 31.6 Å². The SMILES string of the molecule is CCCCCCOC(=O)[C@H](Cc1ccc(O)cc1)NC(=O)CCc1ccc(OC(=O)CCCCC(=O)O)cc1. The Bertz CT molecular complexity index is 1050. The third-order valence-corrected chi connectivity index (χ3v) is 6.06. The summed E-state index contributed by atoms with van der Waals surface area (Å²) in [7, 11) is 0. The van der Waals surface area contributed by atoms with Crippen LogP contribution in [-0.2, 0) is 36.8 Å². The summed E-state index contributed by atoms with van der Waals surface area (Å²) in [6.45, 7) is 2.41. The summed E-state index contributed by atoms with van der Waals surface area (Å²) in [4.78, 5) is 47.9. The van der Waals surface area contributed by atoms with Crippen LogP contribution in [0.5, 0.6) is 11.5 Å². The minimum absolute atomic E-state index is 0.0212. The molecule has 1 atom stereocenters. The number of carboxylic acids is 1. The molecule has 2 rings (SSSR count). The second kappa shape index (κ2) is 17.6. The molecule has 0 radical (unpaired) electrons. The molecule has 2 aromatic carbocycles. The van der Waals surface area contributed by atoms with Crippen molar-refractivity contribution in [1.29, 1.82) is 0 Å². The third-order valence-electron chi connectivity index (χ3n) is 6.06. The van der Waals surface area contributed by atoms with Gasteiger partial charge < -0.3 is 25.0 Å². The molecule has 212 valence electrons. The zero-order valence-corrected chi connectivity index (χ0v) is 22.5. The topological polar surface area (TPSA) is 139 Å². The van der Waals surface area contributed by atoms with Gasteiger partial charge in [-0.25, -0.2) is 4.79 Å². The quantitative estimate of drug-likeness (QED) is 0.140. The highest BCUT2D eigenvalue weighted by Gasteiger charge is 2.23. The molecule has 0 saturated carbocycles. The van der Waals surface area contributed by atoms with Crippen molar-refractivity contribution in [3.63, 3.8) is 0 Å². The lowest BCUT2D eigenvalue weighted by Gasteiger charge is -2.18. The second-order valence-electron chi connectivity index (χ2n) is 9.44. The molecule has 0 aliphatic heterocycles. The van der Waals surface area contributed by atoms with Crippen molar-refractivity contribution in [2.45, 2.75) is 83.6 Å². The van der Waals surface area contributed by atoms with Gasteiger partial charge in [-0.1, -0.05) is 50.5 Å². The Hall–Kier alpha value is -3.88. The van der Waals surface area contributed by atoms with E-state index in [-0.39, 0.29) is 37.3 Å². The number of hydrogen-bond donors (Lipinski definition) is 3. The number of ether oxygens (including phenoxy) is 2. The first-order valence-electron chi connectivity index (χ1n) is 13.5. The summed E-state index contributed by atoms with van der Waals surface area (Å²) in [6, 6.07) is 12.4. The minimum Gasteiger partial charge on any atom is -0.508 e. The Balaban J connectivity index is 1.84. The number of hydrogen-bond acceptors (Lipinski definition) is 7. The van der Waals surface area contributed by atoms with E-state index in [1.165, 1.54) is 12.1 Å². The van der Waals surface area contributed by atoms with Crippen LogP contribution in [0.2, 0.25) is 0 Å². The molecule has 2 aromatic rings. The number of phenols is 1. The summed E-state index contributed by atoms with van der Waals surface area (Å²) in [6.07, 6.45) is 5.74. The lowest BCUT2D eigenvalue weighted by atomic mass is 10.0. The molecule has 3 N–H and O–H groups in total. The molecule has 0 saturated heterocycles. The van der Waals surface area contributed by atoms with E-state index in [1.54, 1.807) is 36.4 Å². The molecule has 1 amide bonds. The Labute approximate surface area is 229 Å². The minimum atomic E-state index is -0.891. The number of aromatic hydroxyl groups is 1. The zero-order valence-electron chi connectivity index (χ0n) is 22.5. The van der Waals surface area contributed by atoms with Crippen LogP contribution in [0.3, 0.4) is 0 Å². The van der Waals surface area contributed by atoms with Crippen LogP contribution in [-0.4, -0.2) is 46.7 Å². The van der Waals surface area contributed by atoms with E-state index < -0.39 is 23.9 Å². The maximum absolute atomic E-state index is 12.7. The van der Waals surface area contributed by atoms with Gasteiger partial charge in [0, 0.05) is 25.7 Å². The number of phenolic OH excluding ortho intramolecular Hbond substituents is 1. The number of nitrogens with one attached hydrogen (secondary N) is 1. The van der Waals surface area contributed by atoms with Crippen LogP contribution < -0.4 is 10.1 Å². The number of amides is 1. The first-order chi connectivity index (χ1) is 18.8. The predicted octanol–water partition coefficient (Wildman–Crippen LogP) is 4.73. The van der Waals surface area contributed by atoms with E-state index in [9.17, 15) is 24.3 Å². The molecular weight excluding hydrogens is 502 g/mol. The van der Waals surface area contributed by atoms with Gasteiger partial charge in [0.2, 0.25) is 5.91 Å². The van der Waals surface area contributed by atoms with E-state index >= 15 is 0 Å². The number of rotatable bonds is 18. The van der Waals surface area contributed by atoms with Gasteiger partial charge in [-0.05, 0) is 61.1 Å². The fourth-order valence-corrected chi connectivity index (χ4v) is 3.84. The average Bonchev–Trinajstić information content (AvgIpc) is 2.91. The molecule has 0 heterocycles. The molecule has 0 spiro atoms. The van der Waals surface area contributed by atoms with Gasteiger partial charge in [-0.2, -0.15) is 0 Å². The van der Waals surface area contributed by atoms with Crippen molar-refractivity contribution in [3.05, 3.63) is 59.7 Å². The fraction of sp³-hybridized carbons (Fsp3) is 0.467. The molecule has 0 aliphatic rings. The number of carbonyl (C=O) groups excluding carboxylic acids is 3. The summed E-state index contributed by atoms with van der Waals surface area (Å²) in [5, 5.41) is 21.0. The van der Waals surface area contributed by atoms with E-state index in [4.69, 9.17) is 14.6 Å². The maximum atomic E-state index is 12.7. The lowest BCUT2D eigenvalue weighted by Crippen LogP contribution is -2.43. The monoisotopic (exact) mass is 541 g/mol. The highest BCUT2D eigenvalue weighted by Crippen LogP contribution is 2.16. The normalized spacial score (nSPS) is 11.4. The summed E-state index contributed by atoms with van der Waals surface area (Å²) >= 11 is 0. The Kier molecular flexibility index (Phi) is 14.1. The molecule has 9 heteroatoms. The van der Waals surface area contributed by atoms with Gasteiger partial charge in [-0.3, -0.25) is 14.4 Å². The van der Waals surface area contributed by atoms with Gasteiger partial charge >= 0.3 is 17.9 Å². The first-order valence-corrected chi connectivity index (χ1v) is 13.5. The van der Waals surface area contributed by atoms with Crippen LogP contribution in [0.1, 0.15) is 75.8 Å². The standard InChI is InChI=1S/C30H39NO8/c1-2-3-4-7-20-38-30(37)26(21-23-10-15-24(32)16-11-23)31-27(33)19-14-22-12-17-25(18-13-22)39-29(36)9-6-5-8-28(34)35/h10-13,15-18,26,32H,2-9,14,19-21H2,1H3,(H,31,33)(H,34,35)/t26-/m0/s1. The van der Waals surface area contributed by atoms with Crippen molar-refractivity contribution in [3.8, 4) is 11.5 Å². The molecule has 0 unspecified atom stereocenters. The molecule has 39 heavy (non-hydrogen) atoms. The Morgan fingerprint density at radius 3 is 2.15 bits per heavy atom. The average molecular weight is 542 g/mol. The van der Waals surface area contributed by atoms with E-state index in [0.717, 1.165) is 36.8 Å². The largest absolute Gasteiger partial charge is 0.508 e. The number of carboxylic acid groups (broad SMARTS) is 1. The molecule has 0 bridgehead atoms. The molecular formula is C30H39NO8. The maximum Gasteiger partial charge on any atom is 0.328 e. The molecule has 0 fully saturated rings. The fourth-order valence-electron chi connectivity index (χ4n) is 3.84. The van der Waals surface area contributed by atoms with Gasteiger partial charge in [0.25, 0.3) is 0 Å². The van der Waals surface area contributed by atoms with E-state index in [2.05, 4.69) is 12.2 Å². The van der Waals surface area contributed by atoms with E-state index in [1.807, 2.05) is 0 Å². The smallest absolute Gasteiger partial charge is 0.328 e. The van der Waals surface area contributed by atoms with Crippen LogP contribution in [0.15, 0.2) is 48.5 Å². The van der Waals surface area contributed by atoms with Crippen LogP contribution in [0, 0.1) is 0 Å². The van der Waals surface area contributed by atoms with Gasteiger partial charge in [-0.15, -0.1) is 0 Å². The lowest BCUT2D eigenvalue weighted by molar-refractivity contribution is -0.148. The third kappa shape index (κ3) is 13.5. The van der Waals surface area contributed by atoms with Crippen molar-refractivity contribution in [1.82, 2.24) is 5.32 Å². The highest BCUT2D eigenvalue weighted by molar-refractivity contribution is 5.84. The molecule has 0 aliphatic carbocycles.